The molecule has 3 rings (SSSR count). The second kappa shape index (κ2) is 12.5. The van der Waals surface area contributed by atoms with E-state index in [1.807, 2.05) is 50.8 Å². The fourth-order valence-electron chi connectivity index (χ4n) is 5.93. The van der Waals surface area contributed by atoms with Gasteiger partial charge in [0.2, 0.25) is 5.91 Å². The third kappa shape index (κ3) is 5.47. The van der Waals surface area contributed by atoms with E-state index in [0.717, 1.165) is 30.7 Å². The van der Waals surface area contributed by atoms with E-state index in [2.05, 4.69) is 22.2 Å². The number of aliphatic imine (C=N–C) groups is 1. The zero-order chi connectivity index (χ0) is 27.9. The number of nitrogens with zero attached hydrogens (tertiary/aromatic N) is 4. The maximum absolute atomic E-state index is 13.7. The number of carbonyl (C=O) groups is 3. The molecule has 1 aromatic heterocycles. The van der Waals surface area contributed by atoms with E-state index < -0.39 is 22.8 Å². The number of hydrogen-bond donors (Lipinski definition) is 1. The van der Waals surface area contributed by atoms with Crippen LogP contribution in [0.4, 0.5) is 4.79 Å². The Balaban J connectivity index is 1.81. The minimum atomic E-state index is -0.737. The monoisotopic (exact) mass is 525 g/mol. The van der Waals surface area contributed by atoms with E-state index in [4.69, 9.17) is 4.74 Å². The number of carbonyl (C=O) groups excluding carboxylic acids is 3. The van der Waals surface area contributed by atoms with Crippen LogP contribution < -0.4 is 5.32 Å². The van der Waals surface area contributed by atoms with E-state index in [1.165, 1.54) is 7.11 Å². The van der Waals surface area contributed by atoms with E-state index >= 15 is 0 Å². The van der Waals surface area contributed by atoms with Gasteiger partial charge in [-0.2, -0.15) is 0 Å². The lowest BCUT2D eigenvalue weighted by Crippen LogP contribution is -2.66. The quantitative estimate of drug-likeness (QED) is 0.267. The second-order valence-electron chi connectivity index (χ2n) is 10.5. The highest BCUT2D eigenvalue weighted by Crippen LogP contribution is 2.57. The van der Waals surface area contributed by atoms with Gasteiger partial charge in [0.15, 0.2) is 0 Å². The number of aromatic nitrogens is 1. The zero-order valence-electron chi connectivity index (χ0n) is 23.7. The second-order valence-corrected chi connectivity index (χ2v) is 10.5. The predicted molar refractivity (Wildman–Crippen MR) is 147 cm³/mol. The van der Waals surface area contributed by atoms with Gasteiger partial charge in [-0.25, -0.2) is 9.59 Å². The van der Waals surface area contributed by atoms with Crippen molar-refractivity contribution < 1.29 is 19.1 Å². The molecular formula is C29H43N5O4. The van der Waals surface area contributed by atoms with Gasteiger partial charge >= 0.3 is 12.0 Å². The van der Waals surface area contributed by atoms with E-state index in [9.17, 15) is 14.4 Å². The fraction of sp³-hybridized carbons (Fsp3) is 0.621. The minimum Gasteiger partial charge on any atom is -0.467 e. The molecule has 3 atom stereocenters. The van der Waals surface area contributed by atoms with Crippen molar-refractivity contribution in [2.75, 3.05) is 20.2 Å². The van der Waals surface area contributed by atoms with Crippen LogP contribution in [0.15, 0.2) is 41.3 Å². The van der Waals surface area contributed by atoms with Gasteiger partial charge in [0.1, 0.15) is 6.04 Å². The maximum atomic E-state index is 13.7. The van der Waals surface area contributed by atoms with E-state index in [0.29, 0.717) is 32.4 Å². The molecule has 1 unspecified atom stereocenters. The third-order valence-electron chi connectivity index (χ3n) is 8.41. The fourth-order valence-corrected chi connectivity index (χ4v) is 5.93. The molecule has 0 saturated carbocycles. The van der Waals surface area contributed by atoms with Gasteiger partial charge in [-0.05, 0) is 56.6 Å². The van der Waals surface area contributed by atoms with Crippen LogP contribution in [-0.4, -0.2) is 65.1 Å². The number of pyridine rings is 1. The maximum Gasteiger partial charge on any atom is 0.328 e. The molecule has 9 heteroatoms. The van der Waals surface area contributed by atoms with Crippen LogP contribution in [-0.2, 0) is 14.3 Å². The highest BCUT2D eigenvalue weighted by atomic mass is 16.5. The molecule has 208 valence electrons. The molecule has 2 aliphatic heterocycles. The molecule has 0 radical (unpaired) electrons. The number of hydrogen-bond acceptors (Lipinski definition) is 6. The minimum absolute atomic E-state index is 0.0570. The summed E-state index contributed by atoms with van der Waals surface area (Å²) in [5, 5.41) is 2.97. The first kappa shape index (κ1) is 29.3. The molecule has 2 fully saturated rings. The molecule has 3 heterocycles. The summed E-state index contributed by atoms with van der Waals surface area (Å²) in [5.74, 6) is -0.375. The highest BCUT2D eigenvalue weighted by Gasteiger charge is 2.63. The standard InChI is InChI=1S/C29H43N5O4/c1-7-14-28(5,9-3)23(25(35)38-6)32-27(37)33-18-15-29(16-19-33)24(22-13-11-12-17-31-22)34(26(29)36)21(8-2)20-30-10-4/h10-13,17,20,23-24H,7-9,14-16,18-19H2,1-6H3,(H,32,37)/b21-20+,30-10?/t23-,24?,28+/m0/s1. The van der Waals surface area contributed by atoms with Gasteiger partial charge in [0, 0.05) is 37.4 Å². The molecule has 1 spiro atoms. The number of piperidine rings is 1. The average Bonchev–Trinajstić information content (AvgIpc) is 2.95. The highest BCUT2D eigenvalue weighted by molar-refractivity contribution is 5.93. The van der Waals surface area contributed by atoms with Crippen LogP contribution >= 0.6 is 0 Å². The number of allylic oxidation sites excluding steroid dienone is 1. The van der Waals surface area contributed by atoms with Gasteiger partial charge < -0.3 is 19.9 Å². The summed E-state index contributed by atoms with van der Waals surface area (Å²) in [6.45, 7) is 10.8. The number of β-lactam (4-membered cyclic amide) rings is 1. The number of ether oxygens (including phenoxy) is 1. The van der Waals surface area contributed by atoms with E-state index in [-0.39, 0.29) is 18.0 Å². The Morgan fingerprint density at radius 2 is 2.00 bits per heavy atom. The van der Waals surface area contributed by atoms with Gasteiger partial charge in [0.25, 0.3) is 0 Å². The van der Waals surface area contributed by atoms with Gasteiger partial charge in [0.05, 0.1) is 24.3 Å². The first-order chi connectivity index (χ1) is 18.2. The smallest absolute Gasteiger partial charge is 0.328 e. The number of urea groups is 1. The Morgan fingerprint density at radius 1 is 1.29 bits per heavy atom. The van der Waals surface area contributed by atoms with Crippen LogP contribution in [0.3, 0.4) is 0 Å². The molecule has 2 aliphatic rings. The number of rotatable bonds is 10. The molecule has 3 amide bonds. The lowest BCUT2D eigenvalue weighted by atomic mass is 9.63. The number of likely N-dealkylation sites (tertiary alicyclic amines) is 2. The molecule has 1 aromatic rings. The Hall–Kier alpha value is -3.23. The van der Waals surface area contributed by atoms with Crippen LogP contribution in [0.2, 0.25) is 0 Å². The van der Waals surface area contributed by atoms with Crippen LogP contribution in [0.1, 0.15) is 84.9 Å². The predicted octanol–water partition coefficient (Wildman–Crippen LogP) is 4.86. The van der Waals surface area contributed by atoms with Gasteiger partial charge in [-0.3, -0.25) is 14.8 Å². The van der Waals surface area contributed by atoms with E-state index in [1.54, 1.807) is 23.5 Å². The number of methoxy groups -OCH3 is 1. The molecule has 0 aliphatic carbocycles. The number of amides is 3. The molecule has 9 nitrogen and oxygen atoms in total. The number of nitrogens with one attached hydrogen (secondary N) is 1. The van der Waals surface area contributed by atoms with Gasteiger partial charge in [-0.1, -0.05) is 40.2 Å². The van der Waals surface area contributed by atoms with Crippen molar-refractivity contribution in [1.82, 2.24) is 20.1 Å². The summed E-state index contributed by atoms with van der Waals surface area (Å²) < 4.78 is 5.06. The molecule has 0 aromatic carbocycles. The summed E-state index contributed by atoms with van der Waals surface area (Å²) in [4.78, 5) is 52.2. The van der Waals surface area contributed by atoms with Gasteiger partial charge in [-0.15, -0.1) is 0 Å². The van der Waals surface area contributed by atoms with Crippen molar-refractivity contribution in [2.45, 2.75) is 85.2 Å². The Bertz CT molecular complexity index is 1050. The Labute approximate surface area is 226 Å². The van der Waals surface area contributed by atoms with Crippen molar-refractivity contribution in [3.8, 4) is 0 Å². The summed E-state index contributed by atoms with van der Waals surface area (Å²) >= 11 is 0. The topological polar surface area (TPSA) is 104 Å². The van der Waals surface area contributed by atoms with Crippen molar-refractivity contribution in [3.05, 3.63) is 42.0 Å². The zero-order valence-corrected chi connectivity index (χ0v) is 23.7. The Kier molecular flexibility index (Phi) is 9.68. The van der Waals surface area contributed by atoms with Crippen molar-refractivity contribution >= 4 is 24.1 Å². The summed E-state index contributed by atoms with van der Waals surface area (Å²) in [6, 6.07) is 4.52. The first-order valence-electron chi connectivity index (χ1n) is 13.8. The molecule has 2 saturated heterocycles. The molecular weight excluding hydrogens is 482 g/mol. The molecule has 0 bridgehead atoms. The van der Waals surface area contributed by atoms with Crippen molar-refractivity contribution in [3.63, 3.8) is 0 Å². The normalized spacial score (nSPS) is 21.7. The SMILES string of the molecule is CC=N/C=C(\CC)N1C(=O)C2(CCN(C(=O)N[C@@H](C(=O)OC)[C@](C)(CC)CCC)CC2)C1c1ccccn1. The van der Waals surface area contributed by atoms with Crippen LogP contribution in [0, 0.1) is 10.8 Å². The number of esters is 1. The third-order valence-corrected chi connectivity index (χ3v) is 8.41. The first-order valence-corrected chi connectivity index (χ1v) is 13.8. The van der Waals surface area contributed by atoms with Crippen LogP contribution in [0.25, 0.3) is 0 Å². The van der Waals surface area contributed by atoms with Crippen molar-refractivity contribution in [1.29, 1.82) is 0 Å². The Morgan fingerprint density at radius 3 is 2.53 bits per heavy atom. The average molecular weight is 526 g/mol. The molecule has 1 N–H and O–H groups in total. The summed E-state index contributed by atoms with van der Waals surface area (Å²) in [7, 11) is 1.35. The molecule has 38 heavy (non-hydrogen) atoms. The summed E-state index contributed by atoms with van der Waals surface area (Å²) in [5.41, 5.74) is 0.656. The van der Waals surface area contributed by atoms with Crippen LogP contribution in [0.5, 0.6) is 0 Å². The lowest BCUT2D eigenvalue weighted by Gasteiger charge is -2.58. The summed E-state index contributed by atoms with van der Waals surface area (Å²) in [6.07, 6.45) is 9.33. The largest absolute Gasteiger partial charge is 0.467 e. The van der Waals surface area contributed by atoms with Crippen molar-refractivity contribution in [2.24, 2.45) is 15.8 Å². The lowest BCUT2D eigenvalue weighted by molar-refractivity contribution is -0.175.